The van der Waals surface area contributed by atoms with Crippen LogP contribution < -0.4 is 16.3 Å². The van der Waals surface area contributed by atoms with Crippen molar-refractivity contribution in [3.63, 3.8) is 0 Å². The summed E-state index contributed by atoms with van der Waals surface area (Å²) < 4.78 is 3.28. The lowest BCUT2D eigenvalue weighted by molar-refractivity contribution is -0.384. The second kappa shape index (κ2) is 8.48. The summed E-state index contributed by atoms with van der Waals surface area (Å²) in [6, 6.07) is 15.2. The van der Waals surface area contributed by atoms with Crippen molar-refractivity contribution in [2.75, 3.05) is 5.32 Å². The second-order valence-electron chi connectivity index (χ2n) is 6.11. The van der Waals surface area contributed by atoms with E-state index in [1.165, 1.54) is 18.3 Å². The van der Waals surface area contributed by atoms with Crippen molar-refractivity contribution < 1.29 is 4.92 Å². The lowest BCUT2D eigenvalue weighted by Gasteiger charge is -2.07. The van der Waals surface area contributed by atoms with E-state index in [9.17, 15) is 14.9 Å². The summed E-state index contributed by atoms with van der Waals surface area (Å²) in [6.45, 7) is 1.81. The minimum atomic E-state index is -0.470. The molecule has 0 saturated carbocycles. The van der Waals surface area contributed by atoms with Crippen molar-refractivity contribution in [1.82, 2.24) is 14.8 Å². The molecular formula is C19H18N6O3S. The highest BCUT2D eigenvalue weighted by Crippen LogP contribution is 2.14. The normalized spacial score (nSPS) is 10.8. The van der Waals surface area contributed by atoms with Gasteiger partial charge in [-0.3, -0.25) is 25.0 Å². The number of nitro benzene ring substituents is 1. The highest BCUT2D eigenvalue weighted by molar-refractivity contribution is 7.80. The standard InChI is InChI=1S/C19H18N6O3S/c1-13-17(18(26)24(23(13)2)15-6-4-3-5-7-15)21-19(29)22-20-12-14-8-10-16(11-9-14)25(27)28/h3-12H,1-2H3,(H2,21,22,29)/b20-12-. The maximum atomic E-state index is 12.8. The average molecular weight is 410 g/mol. The highest BCUT2D eigenvalue weighted by Gasteiger charge is 2.16. The molecule has 2 N–H and O–H groups in total. The van der Waals surface area contributed by atoms with Gasteiger partial charge in [0.2, 0.25) is 0 Å². The van der Waals surface area contributed by atoms with Crippen LogP contribution in [0.15, 0.2) is 64.5 Å². The third-order valence-electron chi connectivity index (χ3n) is 4.28. The predicted octanol–water partition coefficient (Wildman–Crippen LogP) is 2.71. The number of hydrogen-bond acceptors (Lipinski definition) is 5. The molecule has 2 aromatic carbocycles. The van der Waals surface area contributed by atoms with Crippen molar-refractivity contribution in [1.29, 1.82) is 0 Å². The molecule has 0 radical (unpaired) electrons. The van der Waals surface area contributed by atoms with Crippen LogP contribution in [0.3, 0.4) is 0 Å². The van der Waals surface area contributed by atoms with Gasteiger partial charge in [0.05, 0.1) is 22.5 Å². The number of thiocarbonyl (C=S) groups is 1. The third kappa shape index (κ3) is 4.38. The Morgan fingerprint density at radius 2 is 1.83 bits per heavy atom. The fourth-order valence-electron chi connectivity index (χ4n) is 2.70. The van der Waals surface area contributed by atoms with E-state index in [-0.39, 0.29) is 16.4 Å². The molecule has 148 valence electrons. The molecule has 0 saturated heterocycles. The summed E-state index contributed by atoms with van der Waals surface area (Å²) in [5.74, 6) is 0. The van der Waals surface area contributed by atoms with E-state index in [0.717, 1.165) is 5.69 Å². The topological polar surface area (TPSA) is 106 Å². The number of nitrogens with one attached hydrogen (secondary N) is 2. The molecule has 3 rings (SSSR count). The Kier molecular flexibility index (Phi) is 5.84. The number of para-hydroxylation sites is 1. The van der Waals surface area contributed by atoms with Crippen LogP contribution in [0.4, 0.5) is 11.4 Å². The van der Waals surface area contributed by atoms with Gasteiger partial charge in [0, 0.05) is 19.2 Å². The molecule has 1 heterocycles. The van der Waals surface area contributed by atoms with Crippen molar-refractivity contribution in [2.24, 2.45) is 12.1 Å². The first-order chi connectivity index (χ1) is 13.9. The van der Waals surface area contributed by atoms with E-state index in [0.29, 0.717) is 16.9 Å². The predicted molar refractivity (Wildman–Crippen MR) is 116 cm³/mol. The number of hydrazone groups is 1. The second-order valence-corrected chi connectivity index (χ2v) is 6.52. The summed E-state index contributed by atoms with van der Waals surface area (Å²) >= 11 is 5.21. The zero-order valence-electron chi connectivity index (χ0n) is 15.7. The molecule has 10 heteroatoms. The summed E-state index contributed by atoms with van der Waals surface area (Å²) in [4.78, 5) is 23.0. The molecule has 0 spiro atoms. The Morgan fingerprint density at radius 1 is 1.17 bits per heavy atom. The Morgan fingerprint density at radius 3 is 2.45 bits per heavy atom. The SMILES string of the molecule is Cc1c(NC(=S)N/N=C\c2ccc([N+](=O)[O-])cc2)c(=O)n(-c2ccccc2)n1C. The third-order valence-corrected chi connectivity index (χ3v) is 4.47. The minimum Gasteiger partial charge on any atom is -0.325 e. The van der Waals surface area contributed by atoms with Gasteiger partial charge in [0.1, 0.15) is 5.69 Å². The van der Waals surface area contributed by atoms with Crippen LogP contribution in [-0.4, -0.2) is 25.6 Å². The molecule has 0 amide bonds. The number of nitro groups is 1. The lowest BCUT2D eigenvalue weighted by atomic mass is 10.2. The number of benzene rings is 2. The molecule has 0 fully saturated rings. The van der Waals surface area contributed by atoms with Crippen LogP contribution in [0.25, 0.3) is 5.69 Å². The largest absolute Gasteiger partial charge is 0.325 e. The molecule has 0 aliphatic carbocycles. The van der Waals surface area contributed by atoms with E-state index >= 15 is 0 Å². The first-order valence-electron chi connectivity index (χ1n) is 8.57. The summed E-state index contributed by atoms with van der Waals surface area (Å²) in [5.41, 5.74) is 4.86. The van der Waals surface area contributed by atoms with Crippen LogP contribution in [0.5, 0.6) is 0 Å². The molecule has 9 nitrogen and oxygen atoms in total. The molecular weight excluding hydrogens is 392 g/mol. The molecule has 0 aliphatic heterocycles. The van der Waals surface area contributed by atoms with Crippen LogP contribution >= 0.6 is 12.2 Å². The quantitative estimate of drug-likeness (QED) is 0.290. The summed E-state index contributed by atoms with van der Waals surface area (Å²) in [7, 11) is 1.79. The number of rotatable bonds is 5. The summed E-state index contributed by atoms with van der Waals surface area (Å²) in [5, 5.41) is 17.7. The van der Waals surface area contributed by atoms with Gasteiger partial charge in [-0.2, -0.15) is 5.10 Å². The first kappa shape index (κ1) is 20.0. The monoisotopic (exact) mass is 410 g/mol. The van der Waals surface area contributed by atoms with Gasteiger partial charge in [-0.25, -0.2) is 4.68 Å². The molecule has 0 aliphatic rings. The maximum Gasteiger partial charge on any atom is 0.295 e. The van der Waals surface area contributed by atoms with Gasteiger partial charge in [-0.1, -0.05) is 18.2 Å². The van der Waals surface area contributed by atoms with Crippen molar-refractivity contribution in [2.45, 2.75) is 6.92 Å². The van der Waals surface area contributed by atoms with E-state index < -0.39 is 4.92 Å². The molecule has 1 aromatic heterocycles. The Bertz CT molecular complexity index is 1130. The van der Waals surface area contributed by atoms with Gasteiger partial charge in [0.15, 0.2) is 5.11 Å². The first-order valence-corrected chi connectivity index (χ1v) is 8.98. The van der Waals surface area contributed by atoms with Gasteiger partial charge in [-0.15, -0.1) is 0 Å². The Hall–Kier alpha value is -3.79. The van der Waals surface area contributed by atoms with Gasteiger partial charge in [-0.05, 0) is 49.0 Å². The van der Waals surface area contributed by atoms with E-state index in [2.05, 4.69) is 15.8 Å². The number of hydrogen-bond donors (Lipinski definition) is 2. The zero-order chi connectivity index (χ0) is 21.0. The maximum absolute atomic E-state index is 12.8. The molecule has 0 bridgehead atoms. The number of non-ortho nitro benzene ring substituents is 1. The van der Waals surface area contributed by atoms with Gasteiger partial charge < -0.3 is 5.32 Å². The van der Waals surface area contributed by atoms with Crippen molar-refractivity contribution >= 4 is 34.9 Å². The molecule has 29 heavy (non-hydrogen) atoms. The van der Waals surface area contributed by atoms with Crippen LogP contribution in [0.1, 0.15) is 11.3 Å². The molecule has 0 unspecified atom stereocenters. The molecule has 0 atom stereocenters. The highest BCUT2D eigenvalue weighted by atomic mass is 32.1. The Labute approximate surface area is 171 Å². The van der Waals surface area contributed by atoms with E-state index in [4.69, 9.17) is 12.2 Å². The minimum absolute atomic E-state index is 0.00143. The lowest BCUT2D eigenvalue weighted by Crippen LogP contribution is -2.28. The zero-order valence-corrected chi connectivity index (χ0v) is 16.5. The fraction of sp³-hybridized carbons (Fsp3) is 0.105. The fourth-order valence-corrected chi connectivity index (χ4v) is 2.86. The van der Waals surface area contributed by atoms with E-state index in [1.807, 2.05) is 37.3 Å². The summed E-state index contributed by atoms with van der Waals surface area (Å²) in [6.07, 6.45) is 1.47. The Balaban J connectivity index is 1.71. The number of nitrogens with zero attached hydrogens (tertiary/aromatic N) is 4. The smallest absolute Gasteiger partial charge is 0.295 e. The van der Waals surface area contributed by atoms with Gasteiger partial charge >= 0.3 is 0 Å². The number of aromatic nitrogens is 2. The average Bonchev–Trinajstić information content (AvgIpc) is 2.92. The van der Waals surface area contributed by atoms with Crippen molar-refractivity contribution in [3.05, 3.63) is 86.3 Å². The van der Waals surface area contributed by atoms with Crippen LogP contribution in [-0.2, 0) is 7.05 Å². The number of anilines is 1. The van der Waals surface area contributed by atoms with Crippen molar-refractivity contribution in [3.8, 4) is 5.69 Å². The van der Waals surface area contributed by atoms with Crippen LogP contribution in [0, 0.1) is 17.0 Å². The molecule has 3 aromatic rings. The van der Waals surface area contributed by atoms with Crippen LogP contribution in [0.2, 0.25) is 0 Å². The van der Waals surface area contributed by atoms with E-state index in [1.54, 1.807) is 28.5 Å². The van der Waals surface area contributed by atoms with Gasteiger partial charge in [0.25, 0.3) is 11.2 Å².